The van der Waals surface area contributed by atoms with E-state index >= 15 is 0 Å². The van der Waals surface area contributed by atoms with E-state index in [-0.39, 0.29) is 18.9 Å². The van der Waals surface area contributed by atoms with E-state index in [4.69, 9.17) is 18.9 Å². The molecule has 4 atom stereocenters. The normalized spacial score (nSPS) is 32.1. The summed E-state index contributed by atoms with van der Waals surface area (Å²) in [7, 11) is 1.24. The van der Waals surface area contributed by atoms with Crippen molar-refractivity contribution in [3.63, 3.8) is 0 Å². The van der Waals surface area contributed by atoms with Gasteiger partial charge in [-0.25, -0.2) is 9.59 Å². The van der Waals surface area contributed by atoms with Crippen LogP contribution in [0.3, 0.4) is 0 Å². The summed E-state index contributed by atoms with van der Waals surface area (Å²) in [5.74, 6) is -0.509. The van der Waals surface area contributed by atoms with Crippen molar-refractivity contribution in [1.82, 2.24) is 0 Å². The second kappa shape index (κ2) is 5.98. The Labute approximate surface area is 115 Å². The molecule has 8 nitrogen and oxygen atoms in total. The third-order valence-corrected chi connectivity index (χ3v) is 3.28. The van der Waals surface area contributed by atoms with E-state index in [9.17, 15) is 14.4 Å². The Morgan fingerprint density at radius 2 is 1.50 bits per heavy atom. The van der Waals surface area contributed by atoms with Crippen molar-refractivity contribution in [2.75, 3.05) is 7.11 Å². The maximum Gasteiger partial charge on any atom is 0.509 e. The smallest absolute Gasteiger partial charge is 0.469 e. The van der Waals surface area contributed by atoms with Crippen LogP contribution in [0.2, 0.25) is 0 Å². The van der Waals surface area contributed by atoms with Crippen molar-refractivity contribution in [2.24, 2.45) is 0 Å². The molecule has 2 fully saturated rings. The first-order valence-electron chi connectivity index (χ1n) is 6.34. The summed E-state index contributed by atoms with van der Waals surface area (Å²) in [5, 5.41) is 0. The number of rotatable bonds is 5. The minimum Gasteiger partial charge on any atom is -0.469 e. The molecular weight excluding hydrogens is 272 g/mol. The molecule has 0 aromatic carbocycles. The Balaban J connectivity index is 1.97. The number of carbonyl (C=O) groups is 3. The van der Waals surface area contributed by atoms with Crippen LogP contribution < -0.4 is 0 Å². The van der Waals surface area contributed by atoms with Gasteiger partial charge in [0.2, 0.25) is 0 Å². The summed E-state index contributed by atoms with van der Waals surface area (Å²) < 4.78 is 24.4. The van der Waals surface area contributed by atoms with Gasteiger partial charge in [-0.3, -0.25) is 4.79 Å². The quantitative estimate of drug-likeness (QED) is 0.549. The van der Waals surface area contributed by atoms with Crippen LogP contribution in [-0.4, -0.2) is 49.8 Å². The Hall–Kier alpha value is -1.99. The number of cyclic esters (lactones) is 4. The zero-order valence-electron chi connectivity index (χ0n) is 11.2. The second-order valence-corrected chi connectivity index (χ2v) is 4.55. The standard InChI is InChI=1S/C12H16O8/c1-3-6-7(18-11(14)17-6)4-8-9(5-10(13)16-2)20-12(15)19-8/h6-9H,3-5H2,1-2H3. The number of hydrogen-bond acceptors (Lipinski definition) is 8. The predicted molar refractivity (Wildman–Crippen MR) is 61.8 cm³/mol. The highest BCUT2D eigenvalue weighted by molar-refractivity contribution is 5.71. The molecule has 0 amide bonds. The van der Waals surface area contributed by atoms with Crippen LogP contribution in [0.25, 0.3) is 0 Å². The van der Waals surface area contributed by atoms with Gasteiger partial charge in [0.25, 0.3) is 0 Å². The maximum absolute atomic E-state index is 11.3. The highest BCUT2D eigenvalue weighted by Crippen LogP contribution is 2.28. The number of ether oxygens (including phenoxy) is 5. The van der Waals surface area contributed by atoms with Gasteiger partial charge in [0.15, 0.2) is 6.10 Å². The van der Waals surface area contributed by atoms with E-state index in [1.807, 2.05) is 6.92 Å². The molecule has 20 heavy (non-hydrogen) atoms. The number of methoxy groups -OCH3 is 1. The van der Waals surface area contributed by atoms with Crippen LogP contribution in [-0.2, 0) is 28.5 Å². The lowest BCUT2D eigenvalue weighted by Crippen LogP contribution is -2.33. The van der Waals surface area contributed by atoms with E-state index in [1.165, 1.54) is 7.11 Å². The van der Waals surface area contributed by atoms with Crippen molar-refractivity contribution < 1.29 is 38.1 Å². The van der Waals surface area contributed by atoms with E-state index in [0.717, 1.165) is 0 Å². The van der Waals surface area contributed by atoms with Crippen molar-refractivity contribution >= 4 is 18.3 Å². The van der Waals surface area contributed by atoms with Crippen LogP contribution in [0.1, 0.15) is 26.2 Å². The summed E-state index contributed by atoms with van der Waals surface area (Å²) in [5.41, 5.74) is 0. The molecule has 2 rings (SSSR count). The monoisotopic (exact) mass is 288 g/mol. The molecule has 112 valence electrons. The molecule has 0 radical (unpaired) electrons. The van der Waals surface area contributed by atoms with Gasteiger partial charge in [-0.15, -0.1) is 0 Å². The van der Waals surface area contributed by atoms with E-state index in [2.05, 4.69) is 4.74 Å². The number of esters is 1. The zero-order valence-corrected chi connectivity index (χ0v) is 11.2. The molecule has 4 unspecified atom stereocenters. The first-order chi connectivity index (χ1) is 9.53. The first-order valence-corrected chi connectivity index (χ1v) is 6.34. The van der Waals surface area contributed by atoms with Crippen molar-refractivity contribution in [3.05, 3.63) is 0 Å². The summed E-state index contributed by atoms with van der Waals surface area (Å²) in [6.45, 7) is 1.85. The number of carbonyl (C=O) groups excluding carboxylic acids is 3. The highest BCUT2D eigenvalue weighted by Gasteiger charge is 2.44. The molecule has 0 aromatic heterocycles. The predicted octanol–water partition coefficient (Wildman–Crippen LogP) is 1.16. The van der Waals surface area contributed by atoms with Crippen molar-refractivity contribution in [1.29, 1.82) is 0 Å². The summed E-state index contributed by atoms with van der Waals surface area (Å²) in [6, 6.07) is 0. The van der Waals surface area contributed by atoms with Gasteiger partial charge in [0.05, 0.1) is 13.5 Å². The van der Waals surface area contributed by atoms with Crippen LogP contribution in [0, 0.1) is 0 Å². The fraction of sp³-hybridized carbons (Fsp3) is 0.750. The van der Waals surface area contributed by atoms with Crippen LogP contribution in [0.4, 0.5) is 9.59 Å². The summed E-state index contributed by atoms with van der Waals surface area (Å²) >= 11 is 0. The van der Waals surface area contributed by atoms with Gasteiger partial charge >= 0.3 is 18.3 Å². The fourth-order valence-corrected chi connectivity index (χ4v) is 2.25. The third-order valence-electron chi connectivity index (χ3n) is 3.28. The molecule has 0 bridgehead atoms. The molecule has 8 heteroatoms. The largest absolute Gasteiger partial charge is 0.509 e. The van der Waals surface area contributed by atoms with Gasteiger partial charge in [-0.1, -0.05) is 6.92 Å². The molecule has 2 aliphatic heterocycles. The maximum atomic E-state index is 11.3. The molecule has 2 heterocycles. The van der Waals surface area contributed by atoms with Crippen LogP contribution in [0.5, 0.6) is 0 Å². The Bertz CT molecular complexity index is 406. The van der Waals surface area contributed by atoms with Gasteiger partial charge in [0, 0.05) is 6.42 Å². The average Bonchev–Trinajstić information content (AvgIpc) is 2.92. The van der Waals surface area contributed by atoms with Crippen molar-refractivity contribution in [3.8, 4) is 0 Å². The van der Waals surface area contributed by atoms with E-state index in [0.29, 0.717) is 6.42 Å². The van der Waals surface area contributed by atoms with Crippen LogP contribution >= 0.6 is 0 Å². The lowest BCUT2D eigenvalue weighted by molar-refractivity contribution is -0.143. The first kappa shape index (κ1) is 14.4. The minimum atomic E-state index is -0.845. The lowest BCUT2D eigenvalue weighted by atomic mass is 10.00. The summed E-state index contributed by atoms with van der Waals surface area (Å²) in [6.07, 6.45) is -3.21. The Morgan fingerprint density at radius 3 is 2.05 bits per heavy atom. The molecular formula is C12H16O8. The van der Waals surface area contributed by atoms with E-state index in [1.54, 1.807) is 0 Å². The third kappa shape index (κ3) is 3.12. The highest BCUT2D eigenvalue weighted by atomic mass is 16.8. The Morgan fingerprint density at radius 1 is 1.00 bits per heavy atom. The molecule has 0 aliphatic carbocycles. The second-order valence-electron chi connectivity index (χ2n) is 4.55. The topological polar surface area (TPSA) is 97.4 Å². The summed E-state index contributed by atoms with van der Waals surface area (Å²) in [4.78, 5) is 33.5. The van der Waals surface area contributed by atoms with Gasteiger partial charge in [-0.05, 0) is 6.42 Å². The lowest BCUT2D eigenvalue weighted by Gasteiger charge is -2.19. The van der Waals surface area contributed by atoms with E-state index < -0.39 is 36.6 Å². The van der Waals surface area contributed by atoms with Crippen molar-refractivity contribution in [2.45, 2.75) is 50.6 Å². The zero-order chi connectivity index (χ0) is 14.7. The van der Waals surface area contributed by atoms with Gasteiger partial charge < -0.3 is 23.7 Å². The minimum absolute atomic E-state index is 0.106. The number of hydrogen-bond donors (Lipinski definition) is 0. The SMILES string of the molecule is CCC1OC(=O)OC1CC1OC(=O)OC1CC(=O)OC. The molecule has 2 saturated heterocycles. The molecule has 0 saturated carbocycles. The molecule has 0 aromatic rings. The van der Waals surface area contributed by atoms with Gasteiger partial charge in [0.1, 0.15) is 18.3 Å². The molecule has 0 N–H and O–H groups in total. The molecule has 0 spiro atoms. The van der Waals surface area contributed by atoms with Gasteiger partial charge in [-0.2, -0.15) is 0 Å². The van der Waals surface area contributed by atoms with Crippen LogP contribution in [0.15, 0.2) is 0 Å². The fourth-order valence-electron chi connectivity index (χ4n) is 2.25. The Kier molecular flexibility index (Phi) is 4.31. The molecule has 2 aliphatic rings. The average molecular weight is 288 g/mol.